The summed E-state index contributed by atoms with van der Waals surface area (Å²) in [6, 6.07) is 7.47. The minimum atomic E-state index is -3.15. The van der Waals surface area contributed by atoms with Crippen molar-refractivity contribution in [3.05, 3.63) is 41.7 Å². The van der Waals surface area contributed by atoms with Gasteiger partial charge in [-0.2, -0.15) is 0 Å². The van der Waals surface area contributed by atoms with E-state index < -0.39 is 9.84 Å². The Morgan fingerprint density at radius 2 is 1.68 bits per heavy atom. The lowest BCUT2D eigenvalue weighted by molar-refractivity contribution is 0.477. The smallest absolute Gasteiger partial charge is 0.225 e. The third-order valence-corrected chi connectivity index (χ3v) is 5.89. The summed E-state index contributed by atoms with van der Waals surface area (Å²) in [7, 11) is -1.15. The van der Waals surface area contributed by atoms with Crippen molar-refractivity contribution in [2.24, 2.45) is 0 Å². The predicted octanol–water partition coefficient (Wildman–Crippen LogP) is 2.64. The minimum absolute atomic E-state index is 0.353. The summed E-state index contributed by atoms with van der Waals surface area (Å²) in [5.41, 5.74) is 1.05. The maximum atomic E-state index is 11.6. The van der Waals surface area contributed by atoms with Gasteiger partial charge in [0, 0.05) is 38.1 Å². The third kappa shape index (κ3) is 4.22. The largest absolute Gasteiger partial charge is 0.371 e. The SMILES string of the molecule is CN(c1ncc(Cl)cn1)C1CCN(c2ccc(S(C)(=O)=O)cc2)CC1. The van der Waals surface area contributed by atoms with Crippen LogP contribution in [-0.2, 0) is 9.84 Å². The van der Waals surface area contributed by atoms with Gasteiger partial charge in [-0.05, 0) is 37.1 Å². The number of nitrogens with zero attached hydrogens (tertiary/aromatic N) is 4. The Morgan fingerprint density at radius 3 is 2.20 bits per heavy atom. The Hall–Kier alpha value is -1.86. The second kappa shape index (κ2) is 7.17. The first kappa shape index (κ1) is 17.9. The van der Waals surface area contributed by atoms with E-state index in [1.165, 1.54) is 6.26 Å². The molecule has 0 amide bonds. The molecule has 1 aliphatic rings. The fourth-order valence-electron chi connectivity index (χ4n) is 3.07. The van der Waals surface area contributed by atoms with Gasteiger partial charge in [-0.15, -0.1) is 0 Å². The average molecular weight is 381 g/mol. The van der Waals surface area contributed by atoms with E-state index >= 15 is 0 Å². The van der Waals surface area contributed by atoms with E-state index in [1.54, 1.807) is 24.5 Å². The maximum absolute atomic E-state index is 11.6. The average Bonchev–Trinajstić information content (AvgIpc) is 2.61. The van der Waals surface area contributed by atoms with Gasteiger partial charge in [0.1, 0.15) is 0 Å². The van der Waals surface area contributed by atoms with E-state index in [0.717, 1.165) is 31.6 Å². The number of aromatic nitrogens is 2. The number of piperidine rings is 1. The molecule has 6 nitrogen and oxygen atoms in total. The molecule has 134 valence electrons. The summed E-state index contributed by atoms with van der Waals surface area (Å²) in [4.78, 5) is 13.3. The maximum Gasteiger partial charge on any atom is 0.225 e. The first-order valence-electron chi connectivity index (χ1n) is 8.10. The molecule has 0 bridgehead atoms. The lowest BCUT2D eigenvalue weighted by Crippen LogP contribution is -2.44. The van der Waals surface area contributed by atoms with E-state index in [4.69, 9.17) is 11.6 Å². The van der Waals surface area contributed by atoms with E-state index in [0.29, 0.717) is 21.9 Å². The van der Waals surface area contributed by atoms with Crippen LogP contribution in [0.5, 0.6) is 0 Å². The molecule has 0 N–H and O–H groups in total. The van der Waals surface area contributed by atoms with Crippen LogP contribution in [0.4, 0.5) is 11.6 Å². The molecule has 0 saturated carbocycles. The number of rotatable bonds is 4. The molecule has 2 heterocycles. The summed E-state index contributed by atoms with van der Waals surface area (Å²) in [5.74, 6) is 0.681. The van der Waals surface area contributed by atoms with Gasteiger partial charge >= 0.3 is 0 Å². The first-order chi connectivity index (χ1) is 11.8. The zero-order valence-electron chi connectivity index (χ0n) is 14.3. The zero-order chi connectivity index (χ0) is 18.0. The number of hydrogen-bond acceptors (Lipinski definition) is 6. The molecule has 2 aromatic rings. The van der Waals surface area contributed by atoms with Crippen LogP contribution in [0, 0.1) is 0 Å². The summed E-state index contributed by atoms with van der Waals surface area (Å²) in [5, 5.41) is 0.532. The molecule has 0 radical (unpaired) electrons. The summed E-state index contributed by atoms with van der Waals surface area (Å²) >= 11 is 5.84. The molecule has 0 spiro atoms. The number of anilines is 2. The van der Waals surface area contributed by atoms with Crippen molar-refractivity contribution in [2.45, 2.75) is 23.8 Å². The molecule has 1 aromatic heterocycles. The second-order valence-electron chi connectivity index (χ2n) is 6.30. The van der Waals surface area contributed by atoms with Crippen LogP contribution in [0.15, 0.2) is 41.6 Å². The molecular formula is C17H21ClN4O2S. The molecule has 25 heavy (non-hydrogen) atoms. The minimum Gasteiger partial charge on any atom is -0.371 e. The van der Waals surface area contributed by atoms with Gasteiger partial charge in [0.05, 0.1) is 22.3 Å². The molecule has 0 atom stereocenters. The Morgan fingerprint density at radius 1 is 1.12 bits per heavy atom. The predicted molar refractivity (Wildman–Crippen MR) is 100 cm³/mol. The standard InChI is InChI=1S/C17H21ClN4O2S/c1-21(17-19-11-13(18)12-20-17)14-7-9-22(10-8-14)15-3-5-16(6-4-15)25(2,23)24/h3-6,11-12,14H,7-10H2,1-2H3. The summed E-state index contributed by atoms with van der Waals surface area (Å²) in [6.45, 7) is 1.81. The molecule has 1 aliphatic heterocycles. The number of hydrogen-bond donors (Lipinski definition) is 0. The van der Waals surface area contributed by atoms with Crippen molar-refractivity contribution >= 4 is 33.1 Å². The van der Waals surface area contributed by atoms with Gasteiger partial charge in [-0.3, -0.25) is 0 Å². The van der Waals surface area contributed by atoms with E-state index in [-0.39, 0.29) is 0 Å². The third-order valence-electron chi connectivity index (χ3n) is 4.56. The van der Waals surface area contributed by atoms with Crippen molar-refractivity contribution < 1.29 is 8.42 Å². The Balaban J connectivity index is 1.62. The van der Waals surface area contributed by atoms with Gasteiger partial charge in [0.2, 0.25) is 5.95 Å². The van der Waals surface area contributed by atoms with Crippen molar-refractivity contribution in [3.8, 4) is 0 Å². The van der Waals surface area contributed by atoms with Gasteiger partial charge in [0.15, 0.2) is 9.84 Å². The molecule has 0 aliphatic carbocycles. The lowest BCUT2D eigenvalue weighted by atomic mass is 10.0. The van der Waals surface area contributed by atoms with E-state index in [1.807, 2.05) is 19.2 Å². The number of sulfone groups is 1. The number of halogens is 1. The molecule has 3 rings (SSSR count). The van der Waals surface area contributed by atoms with Crippen molar-refractivity contribution in [1.29, 1.82) is 0 Å². The van der Waals surface area contributed by atoms with Crippen LogP contribution in [0.1, 0.15) is 12.8 Å². The quantitative estimate of drug-likeness (QED) is 0.812. The van der Waals surface area contributed by atoms with E-state index in [2.05, 4.69) is 19.8 Å². The highest BCUT2D eigenvalue weighted by molar-refractivity contribution is 7.90. The monoisotopic (exact) mass is 380 g/mol. The fraction of sp³-hybridized carbons (Fsp3) is 0.412. The molecule has 1 saturated heterocycles. The van der Waals surface area contributed by atoms with Crippen molar-refractivity contribution in [2.75, 3.05) is 36.2 Å². The van der Waals surface area contributed by atoms with Crippen LogP contribution < -0.4 is 9.80 Å². The highest BCUT2D eigenvalue weighted by Gasteiger charge is 2.24. The lowest BCUT2D eigenvalue weighted by Gasteiger charge is -2.37. The molecule has 8 heteroatoms. The fourth-order valence-corrected chi connectivity index (χ4v) is 3.79. The summed E-state index contributed by atoms with van der Waals surface area (Å²) < 4.78 is 23.1. The Bertz CT molecular complexity index is 817. The van der Waals surface area contributed by atoms with Crippen LogP contribution in [-0.4, -0.2) is 50.8 Å². The Kier molecular flexibility index (Phi) is 5.15. The first-order valence-corrected chi connectivity index (χ1v) is 10.4. The van der Waals surface area contributed by atoms with Gasteiger partial charge < -0.3 is 9.80 Å². The zero-order valence-corrected chi connectivity index (χ0v) is 15.8. The van der Waals surface area contributed by atoms with Crippen LogP contribution in [0.3, 0.4) is 0 Å². The van der Waals surface area contributed by atoms with Crippen LogP contribution in [0.25, 0.3) is 0 Å². The topological polar surface area (TPSA) is 66.4 Å². The molecule has 1 fully saturated rings. The van der Waals surface area contributed by atoms with Gasteiger partial charge in [0.25, 0.3) is 0 Å². The van der Waals surface area contributed by atoms with Crippen molar-refractivity contribution in [1.82, 2.24) is 9.97 Å². The molecule has 1 aromatic carbocycles. The second-order valence-corrected chi connectivity index (χ2v) is 8.75. The number of benzene rings is 1. The van der Waals surface area contributed by atoms with Crippen LogP contribution >= 0.6 is 11.6 Å². The van der Waals surface area contributed by atoms with Crippen molar-refractivity contribution in [3.63, 3.8) is 0 Å². The van der Waals surface area contributed by atoms with Gasteiger partial charge in [-0.25, -0.2) is 18.4 Å². The normalized spacial score (nSPS) is 16.0. The summed E-state index contributed by atoms with van der Waals surface area (Å²) in [6.07, 6.45) is 6.41. The molecular weight excluding hydrogens is 360 g/mol. The van der Waals surface area contributed by atoms with Gasteiger partial charge in [-0.1, -0.05) is 11.6 Å². The van der Waals surface area contributed by atoms with Crippen LogP contribution in [0.2, 0.25) is 5.02 Å². The highest BCUT2D eigenvalue weighted by atomic mass is 35.5. The Labute approximate surface area is 153 Å². The van der Waals surface area contributed by atoms with E-state index in [9.17, 15) is 8.42 Å². The molecule has 0 unspecified atom stereocenters. The highest BCUT2D eigenvalue weighted by Crippen LogP contribution is 2.25.